The Bertz CT molecular complexity index is 427. The fourth-order valence-corrected chi connectivity index (χ4v) is 1.58. The van der Waals surface area contributed by atoms with Gasteiger partial charge in [0.2, 0.25) is 0 Å². The molecule has 0 radical (unpaired) electrons. The van der Waals surface area contributed by atoms with Gasteiger partial charge in [0.25, 0.3) is 0 Å². The number of H-pyrrole nitrogens is 1. The second-order valence-electron chi connectivity index (χ2n) is 3.29. The van der Waals surface area contributed by atoms with Crippen LogP contribution >= 0.6 is 0 Å². The maximum Gasteiger partial charge on any atom is 0.0684 e. The molecule has 1 heterocycles. The normalized spacial score (nSPS) is 10.9. The molecule has 0 amide bonds. The van der Waals surface area contributed by atoms with Crippen molar-refractivity contribution in [2.45, 2.75) is 20.8 Å². The quantitative estimate of drug-likeness (QED) is 0.630. The van der Waals surface area contributed by atoms with E-state index in [0.717, 1.165) is 0 Å². The van der Waals surface area contributed by atoms with Gasteiger partial charge in [-0.1, -0.05) is 6.07 Å². The lowest BCUT2D eigenvalue weighted by Gasteiger charge is -2.03. The maximum atomic E-state index is 4.04. The molecule has 2 aromatic rings. The van der Waals surface area contributed by atoms with Crippen molar-refractivity contribution in [2.24, 2.45) is 0 Å². The van der Waals surface area contributed by atoms with Crippen LogP contribution in [0.2, 0.25) is 0 Å². The van der Waals surface area contributed by atoms with Crippen molar-refractivity contribution in [2.75, 3.05) is 0 Å². The molecule has 0 saturated carbocycles. The van der Waals surface area contributed by atoms with Gasteiger partial charge in [-0.05, 0) is 37.5 Å². The Balaban J connectivity index is 2.97. The van der Waals surface area contributed by atoms with E-state index in [1.807, 2.05) is 6.20 Å². The summed E-state index contributed by atoms with van der Waals surface area (Å²) >= 11 is 0. The first-order valence-electron chi connectivity index (χ1n) is 4.10. The fourth-order valence-electron chi connectivity index (χ4n) is 1.58. The number of fused-ring (bicyclic) bond motifs is 1. The van der Waals surface area contributed by atoms with Crippen LogP contribution in [0.3, 0.4) is 0 Å². The van der Waals surface area contributed by atoms with Crippen LogP contribution in [0.4, 0.5) is 0 Å². The molecule has 1 aromatic heterocycles. The number of hydrogen-bond acceptors (Lipinski definition) is 1. The summed E-state index contributed by atoms with van der Waals surface area (Å²) in [5.41, 5.74) is 5.09. The topological polar surface area (TPSA) is 28.7 Å². The third kappa shape index (κ3) is 0.843. The molecule has 0 unspecified atom stereocenters. The van der Waals surface area contributed by atoms with E-state index < -0.39 is 0 Å². The zero-order valence-corrected chi connectivity index (χ0v) is 7.60. The molecule has 0 bridgehead atoms. The molecule has 1 N–H and O–H groups in total. The summed E-state index contributed by atoms with van der Waals surface area (Å²) in [7, 11) is 0. The Kier molecular flexibility index (Phi) is 1.43. The minimum Gasteiger partial charge on any atom is -0.278 e. The molecule has 1 aromatic carbocycles. The molecule has 12 heavy (non-hydrogen) atoms. The molecule has 2 heteroatoms. The average molecular weight is 160 g/mol. The summed E-state index contributed by atoms with van der Waals surface area (Å²) in [5, 5.41) is 8.29. The lowest BCUT2D eigenvalue weighted by Crippen LogP contribution is -1.85. The maximum absolute atomic E-state index is 4.04. The van der Waals surface area contributed by atoms with Crippen LogP contribution in [0.1, 0.15) is 16.7 Å². The van der Waals surface area contributed by atoms with Crippen LogP contribution in [0.15, 0.2) is 12.3 Å². The Morgan fingerprint density at radius 3 is 2.67 bits per heavy atom. The van der Waals surface area contributed by atoms with E-state index in [4.69, 9.17) is 0 Å². The average Bonchev–Trinajstić information content (AvgIpc) is 2.48. The minimum absolute atomic E-state index is 1.17. The molecule has 0 atom stereocenters. The highest BCUT2D eigenvalue weighted by Gasteiger charge is 2.04. The highest BCUT2D eigenvalue weighted by Crippen LogP contribution is 2.22. The van der Waals surface area contributed by atoms with Gasteiger partial charge in [-0.2, -0.15) is 5.10 Å². The molecule has 0 saturated heterocycles. The van der Waals surface area contributed by atoms with Gasteiger partial charge in [-0.3, -0.25) is 5.10 Å². The van der Waals surface area contributed by atoms with E-state index in [2.05, 4.69) is 37.0 Å². The number of aryl methyl sites for hydroxylation is 3. The van der Waals surface area contributed by atoms with Gasteiger partial charge in [-0.25, -0.2) is 0 Å². The minimum atomic E-state index is 1.17. The number of rotatable bonds is 0. The van der Waals surface area contributed by atoms with Crippen LogP contribution in [0.25, 0.3) is 10.9 Å². The van der Waals surface area contributed by atoms with Crippen molar-refractivity contribution in [1.29, 1.82) is 0 Å². The molecule has 62 valence electrons. The molecule has 0 aliphatic heterocycles. The highest BCUT2D eigenvalue weighted by molar-refractivity contribution is 5.85. The SMILES string of the molecule is Cc1cc(C)c2cn[nH]c2c1C. The first-order valence-corrected chi connectivity index (χ1v) is 4.10. The standard InChI is InChI=1S/C10H12N2/c1-6-4-7(2)9-5-11-12-10(9)8(6)3/h4-5H,1-3H3,(H,11,12). The third-order valence-corrected chi connectivity index (χ3v) is 2.46. The van der Waals surface area contributed by atoms with Crippen molar-refractivity contribution < 1.29 is 0 Å². The van der Waals surface area contributed by atoms with E-state index >= 15 is 0 Å². The molecule has 0 spiro atoms. The predicted octanol–water partition coefficient (Wildman–Crippen LogP) is 2.49. The fraction of sp³-hybridized carbons (Fsp3) is 0.300. The van der Waals surface area contributed by atoms with Crippen molar-refractivity contribution >= 4 is 10.9 Å². The number of aromatic amines is 1. The number of nitrogens with zero attached hydrogens (tertiary/aromatic N) is 1. The number of hydrogen-bond donors (Lipinski definition) is 1. The zero-order chi connectivity index (χ0) is 8.72. The Morgan fingerprint density at radius 2 is 1.92 bits per heavy atom. The summed E-state index contributed by atoms with van der Waals surface area (Å²) in [4.78, 5) is 0. The molecule has 0 aliphatic carbocycles. The van der Waals surface area contributed by atoms with E-state index in [-0.39, 0.29) is 0 Å². The van der Waals surface area contributed by atoms with Crippen LogP contribution in [0.5, 0.6) is 0 Å². The molecular formula is C10H12N2. The first-order chi connectivity index (χ1) is 5.70. The van der Waals surface area contributed by atoms with E-state index in [9.17, 15) is 0 Å². The van der Waals surface area contributed by atoms with E-state index in [1.165, 1.54) is 27.6 Å². The van der Waals surface area contributed by atoms with E-state index in [1.54, 1.807) is 0 Å². The Labute approximate surface area is 71.6 Å². The van der Waals surface area contributed by atoms with Crippen molar-refractivity contribution in [3.8, 4) is 0 Å². The van der Waals surface area contributed by atoms with Crippen molar-refractivity contribution in [3.05, 3.63) is 29.0 Å². The van der Waals surface area contributed by atoms with Crippen molar-refractivity contribution in [3.63, 3.8) is 0 Å². The number of nitrogens with one attached hydrogen (secondary N) is 1. The lowest BCUT2D eigenvalue weighted by atomic mass is 10.0. The van der Waals surface area contributed by atoms with Gasteiger partial charge in [0.1, 0.15) is 0 Å². The number of benzene rings is 1. The smallest absolute Gasteiger partial charge is 0.0684 e. The lowest BCUT2D eigenvalue weighted by molar-refractivity contribution is 1.11. The number of aromatic nitrogens is 2. The molecule has 0 fully saturated rings. The van der Waals surface area contributed by atoms with Gasteiger partial charge >= 0.3 is 0 Å². The summed E-state index contributed by atoms with van der Waals surface area (Å²) in [6.07, 6.45) is 1.89. The molecular weight excluding hydrogens is 148 g/mol. The van der Waals surface area contributed by atoms with Crippen LogP contribution in [0, 0.1) is 20.8 Å². The molecule has 2 nitrogen and oxygen atoms in total. The Hall–Kier alpha value is -1.31. The monoisotopic (exact) mass is 160 g/mol. The van der Waals surface area contributed by atoms with Gasteiger partial charge in [-0.15, -0.1) is 0 Å². The largest absolute Gasteiger partial charge is 0.278 e. The third-order valence-electron chi connectivity index (χ3n) is 2.46. The summed E-state index contributed by atoms with van der Waals surface area (Å²) in [5.74, 6) is 0. The second-order valence-corrected chi connectivity index (χ2v) is 3.29. The van der Waals surface area contributed by atoms with E-state index in [0.29, 0.717) is 0 Å². The van der Waals surface area contributed by atoms with Crippen LogP contribution < -0.4 is 0 Å². The molecule has 0 aliphatic rings. The second kappa shape index (κ2) is 2.34. The summed E-state index contributed by atoms with van der Waals surface area (Å²) in [6, 6.07) is 2.20. The van der Waals surface area contributed by atoms with Gasteiger partial charge in [0, 0.05) is 5.39 Å². The van der Waals surface area contributed by atoms with Gasteiger partial charge in [0.15, 0.2) is 0 Å². The highest BCUT2D eigenvalue weighted by atomic mass is 15.1. The first kappa shape index (κ1) is 7.35. The summed E-state index contributed by atoms with van der Waals surface area (Å²) in [6.45, 7) is 6.36. The van der Waals surface area contributed by atoms with Crippen molar-refractivity contribution in [1.82, 2.24) is 10.2 Å². The van der Waals surface area contributed by atoms with Gasteiger partial charge < -0.3 is 0 Å². The molecule has 2 rings (SSSR count). The van der Waals surface area contributed by atoms with Crippen LogP contribution in [-0.4, -0.2) is 10.2 Å². The summed E-state index contributed by atoms with van der Waals surface area (Å²) < 4.78 is 0. The zero-order valence-electron chi connectivity index (χ0n) is 7.60. The predicted molar refractivity (Wildman–Crippen MR) is 50.3 cm³/mol. The van der Waals surface area contributed by atoms with Gasteiger partial charge in [0.05, 0.1) is 11.7 Å². The van der Waals surface area contributed by atoms with Crippen LogP contribution in [-0.2, 0) is 0 Å². The Morgan fingerprint density at radius 1 is 1.17 bits per heavy atom.